The first-order chi connectivity index (χ1) is 12.7. The lowest BCUT2D eigenvalue weighted by atomic mass is 10.1. The van der Waals surface area contributed by atoms with E-state index in [1.54, 1.807) is 28.0 Å². The van der Waals surface area contributed by atoms with Crippen molar-refractivity contribution in [3.8, 4) is 11.3 Å². The Morgan fingerprint density at radius 3 is 2.26 bits per heavy atom. The number of nitrogens with zero attached hydrogens (tertiary/aromatic N) is 3. The molecular formula is C19H23FN4O3. The average Bonchev–Trinajstić information content (AvgIpc) is 3.10. The molecule has 1 aromatic heterocycles. The fraction of sp³-hybridized carbons (Fsp3) is 0.421. The number of aromatic amines is 1. The Kier molecular flexibility index (Phi) is 5.16. The summed E-state index contributed by atoms with van der Waals surface area (Å²) >= 11 is 0. The zero-order valence-corrected chi connectivity index (χ0v) is 15.7. The van der Waals surface area contributed by atoms with Gasteiger partial charge >= 0.3 is 6.09 Å². The van der Waals surface area contributed by atoms with Gasteiger partial charge in [0.25, 0.3) is 5.91 Å². The number of H-pyrrole nitrogens is 1. The lowest BCUT2D eigenvalue weighted by molar-refractivity contribution is 0.0140. The average molecular weight is 374 g/mol. The van der Waals surface area contributed by atoms with Gasteiger partial charge in [-0.2, -0.15) is 5.10 Å². The second-order valence-electron chi connectivity index (χ2n) is 7.43. The molecule has 0 radical (unpaired) electrons. The minimum atomic E-state index is -0.545. The number of piperazine rings is 1. The molecule has 0 unspecified atom stereocenters. The topological polar surface area (TPSA) is 78.5 Å². The Labute approximate surface area is 157 Å². The number of hydrogen-bond acceptors (Lipinski definition) is 4. The van der Waals surface area contributed by atoms with Crippen molar-refractivity contribution >= 4 is 12.0 Å². The van der Waals surface area contributed by atoms with Crippen LogP contribution in [0.2, 0.25) is 0 Å². The second-order valence-corrected chi connectivity index (χ2v) is 7.43. The van der Waals surface area contributed by atoms with E-state index in [1.165, 1.54) is 12.1 Å². The summed E-state index contributed by atoms with van der Waals surface area (Å²) in [7, 11) is 0. The highest BCUT2D eigenvalue weighted by atomic mass is 19.1. The number of carbonyl (C=O) groups excluding carboxylic acids is 2. The predicted octanol–water partition coefficient (Wildman–Crippen LogP) is 2.91. The van der Waals surface area contributed by atoms with Crippen molar-refractivity contribution in [3.05, 3.63) is 41.8 Å². The Balaban J connectivity index is 1.60. The largest absolute Gasteiger partial charge is 0.444 e. The van der Waals surface area contributed by atoms with Crippen LogP contribution in [0.5, 0.6) is 0 Å². The van der Waals surface area contributed by atoms with Gasteiger partial charge in [0.1, 0.15) is 17.1 Å². The Morgan fingerprint density at radius 2 is 1.67 bits per heavy atom. The summed E-state index contributed by atoms with van der Waals surface area (Å²) in [5.41, 5.74) is 1.11. The molecule has 1 aliphatic heterocycles. The normalized spacial score (nSPS) is 15.0. The summed E-state index contributed by atoms with van der Waals surface area (Å²) in [5.74, 6) is -0.506. The minimum Gasteiger partial charge on any atom is -0.444 e. The number of benzene rings is 1. The van der Waals surface area contributed by atoms with Crippen molar-refractivity contribution < 1.29 is 18.7 Å². The van der Waals surface area contributed by atoms with Gasteiger partial charge in [0.05, 0.1) is 5.69 Å². The lowest BCUT2D eigenvalue weighted by Gasteiger charge is -2.35. The third-order valence-corrected chi connectivity index (χ3v) is 4.17. The molecule has 27 heavy (non-hydrogen) atoms. The van der Waals surface area contributed by atoms with E-state index >= 15 is 0 Å². The molecule has 2 amide bonds. The fourth-order valence-corrected chi connectivity index (χ4v) is 2.79. The highest BCUT2D eigenvalue weighted by Gasteiger charge is 2.28. The molecule has 0 saturated carbocycles. The van der Waals surface area contributed by atoms with E-state index in [9.17, 15) is 14.0 Å². The van der Waals surface area contributed by atoms with Crippen molar-refractivity contribution in [1.82, 2.24) is 20.0 Å². The van der Waals surface area contributed by atoms with E-state index in [4.69, 9.17) is 4.74 Å². The van der Waals surface area contributed by atoms with Crippen LogP contribution in [0.25, 0.3) is 11.3 Å². The summed E-state index contributed by atoms with van der Waals surface area (Å²) < 4.78 is 18.4. The Bertz CT molecular complexity index is 818. The summed E-state index contributed by atoms with van der Waals surface area (Å²) in [6.07, 6.45) is -0.366. The van der Waals surface area contributed by atoms with Crippen molar-refractivity contribution in [1.29, 1.82) is 0 Å². The van der Waals surface area contributed by atoms with Crippen LogP contribution in [-0.2, 0) is 4.74 Å². The minimum absolute atomic E-state index is 0.181. The SMILES string of the molecule is CC(C)(C)OC(=O)N1CCN(C(=O)c2cc(-c3ccc(F)cc3)n[nH]2)CC1. The first kappa shape index (κ1) is 18.9. The molecule has 1 N–H and O–H groups in total. The van der Waals surface area contributed by atoms with E-state index in [0.29, 0.717) is 37.6 Å². The van der Waals surface area contributed by atoms with Crippen molar-refractivity contribution in [2.45, 2.75) is 26.4 Å². The van der Waals surface area contributed by atoms with E-state index in [0.717, 1.165) is 5.56 Å². The van der Waals surface area contributed by atoms with Crippen LogP contribution in [-0.4, -0.2) is 63.8 Å². The molecule has 1 aromatic carbocycles. The van der Waals surface area contributed by atoms with Crippen LogP contribution in [0.3, 0.4) is 0 Å². The number of ether oxygens (including phenoxy) is 1. The number of carbonyl (C=O) groups is 2. The van der Waals surface area contributed by atoms with E-state index < -0.39 is 5.60 Å². The number of amides is 2. The third-order valence-electron chi connectivity index (χ3n) is 4.17. The molecule has 3 rings (SSSR count). The van der Waals surface area contributed by atoms with Gasteiger partial charge in [-0.05, 0) is 51.1 Å². The van der Waals surface area contributed by atoms with Crippen LogP contribution in [0.15, 0.2) is 30.3 Å². The second kappa shape index (κ2) is 7.38. The molecule has 8 heteroatoms. The van der Waals surface area contributed by atoms with Gasteiger partial charge in [0.2, 0.25) is 0 Å². The molecule has 1 aliphatic rings. The molecule has 0 atom stereocenters. The smallest absolute Gasteiger partial charge is 0.410 e. The molecule has 2 aromatic rings. The van der Waals surface area contributed by atoms with Crippen LogP contribution in [0.1, 0.15) is 31.3 Å². The van der Waals surface area contributed by atoms with Crippen molar-refractivity contribution in [2.75, 3.05) is 26.2 Å². The highest BCUT2D eigenvalue weighted by Crippen LogP contribution is 2.19. The maximum Gasteiger partial charge on any atom is 0.410 e. The highest BCUT2D eigenvalue weighted by molar-refractivity contribution is 5.93. The van der Waals surface area contributed by atoms with Gasteiger partial charge in [0, 0.05) is 31.7 Å². The van der Waals surface area contributed by atoms with E-state index in [2.05, 4.69) is 10.2 Å². The molecule has 7 nitrogen and oxygen atoms in total. The summed E-state index contributed by atoms with van der Waals surface area (Å²) in [5, 5.41) is 6.88. The molecule has 0 bridgehead atoms. The van der Waals surface area contributed by atoms with Crippen molar-refractivity contribution in [3.63, 3.8) is 0 Å². The quantitative estimate of drug-likeness (QED) is 0.877. The molecule has 0 aliphatic carbocycles. The molecule has 144 valence electrons. The van der Waals surface area contributed by atoms with Crippen LogP contribution in [0.4, 0.5) is 9.18 Å². The third kappa shape index (κ3) is 4.64. The maximum atomic E-state index is 13.0. The van der Waals surface area contributed by atoms with E-state index in [1.807, 2.05) is 20.8 Å². The number of nitrogens with one attached hydrogen (secondary N) is 1. The predicted molar refractivity (Wildman–Crippen MR) is 97.7 cm³/mol. The van der Waals surface area contributed by atoms with Gasteiger partial charge in [0.15, 0.2) is 0 Å². The molecular weight excluding hydrogens is 351 g/mol. The number of rotatable bonds is 2. The van der Waals surface area contributed by atoms with Gasteiger partial charge in [-0.1, -0.05) is 0 Å². The summed E-state index contributed by atoms with van der Waals surface area (Å²) in [6, 6.07) is 7.57. The Hall–Kier alpha value is -2.90. The Morgan fingerprint density at radius 1 is 1.07 bits per heavy atom. The zero-order valence-electron chi connectivity index (χ0n) is 15.7. The zero-order chi connectivity index (χ0) is 19.6. The molecule has 0 spiro atoms. The fourth-order valence-electron chi connectivity index (χ4n) is 2.79. The summed E-state index contributed by atoms with van der Waals surface area (Å²) in [4.78, 5) is 28.0. The molecule has 1 saturated heterocycles. The van der Waals surface area contributed by atoms with Crippen molar-refractivity contribution in [2.24, 2.45) is 0 Å². The first-order valence-electron chi connectivity index (χ1n) is 8.81. The lowest BCUT2D eigenvalue weighted by Crippen LogP contribution is -2.51. The standard InChI is InChI=1S/C19H23FN4O3/c1-19(2,3)27-18(26)24-10-8-23(9-11-24)17(25)16-12-15(21-22-16)13-4-6-14(20)7-5-13/h4-7,12H,8-11H2,1-3H3,(H,21,22). The molecule has 2 heterocycles. The van der Waals surface area contributed by atoms with Crippen LogP contribution in [0, 0.1) is 5.82 Å². The number of aromatic nitrogens is 2. The van der Waals surface area contributed by atoms with Gasteiger partial charge in [-0.3, -0.25) is 9.89 Å². The van der Waals surface area contributed by atoms with Gasteiger partial charge in [-0.25, -0.2) is 9.18 Å². The van der Waals surface area contributed by atoms with Gasteiger partial charge in [-0.15, -0.1) is 0 Å². The van der Waals surface area contributed by atoms with E-state index in [-0.39, 0.29) is 17.8 Å². The van der Waals surface area contributed by atoms with Gasteiger partial charge < -0.3 is 14.5 Å². The number of hydrogen-bond donors (Lipinski definition) is 1. The number of halogens is 1. The maximum absolute atomic E-state index is 13.0. The molecule has 1 fully saturated rings. The first-order valence-corrected chi connectivity index (χ1v) is 8.81. The van der Waals surface area contributed by atoms with Crippen LogP contribution < -0.4 is 0 Å². The monoisotopic (exact) mass is 374 g/mol. The summed E-state index contributed by atoms with van der Waals surface area (Å²) in [6.45, 7) is 7.13. The van der Waals surface area contributed by atoms with Crippen LogP contribution >= 0.6 is 0 Å².